The molecule has 0 bridgehead atoms. The third-order valence-electron chi connectivity index (χ3n) is 3.72. The van der Waals surface area contributed by atoms with Crippen LogP contribution in [0.4, 0.5) is 5.82 Å². The van der Waals surface area contributed by atoms with E-state index in [4.69, 9.17) is 0 Å². The van der Waals surface area contributed by atoms with Crippen LogP contribution in [0.15, 0.2) is 12.3 Å². The number of hydrogen-bond acceptors (Lipinski definition) is 4. The fourth-order valence-corrected chi connectivity index (χ4v) is 2.58. The van der Waals surface area contributed by atoms with Gasteiger partial charge in [0, 0.05) is 31.9 Å². The summed E-state index contributed by atoms with van der Waals surface area (Å²) in [6.45, 7) is 10.4. The minimum Gasteiger partial charge on any atom is -0.353 e. The van der Waals surface area contributed by atoms with Gasteiger partial charge in [-0.15, -0.1) is 0 Å². The molecule has 1 atom stereocenters. The largest absolute Gasteiger partial charge is 0.353 e. The summed E-state index contributed by atoms with van der Waals surface area (Å²) in [5, 5.41) is 9.27. The average molecular weight is 244 g/mol. The van der Waals surface area contributed by atoms with E-state index in [1.54, 1.807) is 6.20 Å². The van der Waals surface area contributed by atoms with Gasteiger partial charge in [0.05, 0.1) is 5.56 Å². The number of likely N-dealkylation sites (N-methyl/N-ethyl adjacent to an activating group) is 1. The molecule has 18 heavy (non-hydrogen) atoms. The van der Waals surface area contributed by atoms with Crippen molar-refractivity contribution >= 4 is 5.82 Å². The molecule has 0 saturated carbocycles. The van der Waals surface area contributed by atoms with E-state index in [9.17, 15) is 5.26 Å². The highest BCUT2D eigenvalue weighted by molar-refractivity contribution is 5.57. The Morgan fingerprint density at radius 3 is 2.89 bits per heavy atom. The second-order valence-corrected chi connectivity index (χ2v) is 4.86. The Morgan fingerprint density at radius 2 is 2.28 bits per heavy atom. The Hall–Kier alpha value is -1.60. The van der Waals surface area contributed by atoms with Gasteiger partial charge in [0.1, 0.15) is 11.9 Å². The lowest BCUT2D eigenvalue weighted by Crippen LogP contribution is -2.52. The van der Waals surface area contributed by atoms with Gasteiger partial charge in [0.2, 0.25) is 0 Å². The summed E-state index contributed by atoms with van der Waals surface area (Å²) in [4.78, 5) is 9.10. The van der Waals surface area contributed by atoms with Crippen LogP contribution in [0, 0.1) is 18.3 Å². The molecule has 0 N–H and O–H groups in total. The van der Waals surface area contributed by atoms with Gasteiger partial charge in [-0.2, -0.15) is 5.26 Å². The molecule has 1 aliphatic heterocycles. The molecular weight excluding hydrogens is 224 g/mol. The Bertz CT molecular complexity index is 463. The minimum absolute atomic E-state index is 0.512. The van der Waals surface area contributed by atoms with Crippen LogP contribution in [0.3, 0.4) is 0 Å². The Labute approximate surface area is 109 Å². The van der Waals surface area contributed by atoms with Crippen molar-refractivity contribution in [3.05, 3.63) is 23.4 Å². The molecule has 0 radical (unpaired) electrons. The second kappa shape index (κ2) is 5.36. The van der Waals surface area contributed by atoms with Crippen LogP contribution < -0.4 is 4.90 Å². The van der Waals surface area contributed by atoms with Crippen LogP contribution >= 0.6 is 0 Å². The van der Waals surface area contributed by atoms with Crippen molar-refractivity contribution in [3.8, 4) is 6.07 Å². The molecule has 1 aliphatic rings. The highest BCUT2D eigenvalue weighted by Gasteiger charge is 2.25. The average Bonchev–Trinajstić information content (AvgIpc) is 2.38. The number of aromatic nitrogens is 1. The third-order valence-corrected chi connectivity index (χ3v) is 3.72. The number of rotatable bonds is 2. The first-order chi connectivity index (χ1) is 8.67. The number of pyridine rings is 1. The molecule has 0 aliphatic carbocycles. The predicted molar refractivity (Wildman–Crippen MR) is 72.6 cm³/mol. The lowest BCUT2D eigenvalue weighted by Gasteiger charge is -2.40. The van der Waals surface area contributed by atoms with Crippen molar-refractivity contribution in [3.63, 3.8) is 0 Å². The van der Waals surface area contributed by atoms with E-state index in [2.05, 4.69) is 34.7 Å². The van der Waals surface area contributed by atoms with E-state index in [0.29, 0.717) is 6.04 Å². The number of nitriles is 1. The van der Waals surface area contributed by atoms with Gasteiger partial charge >= 0.3 is 0 Å². The van der Waals surface area contributed by atoms with Crippen molar-refractivity contribution in [2.75, 3.05) is 31.1 Å². The topological polar surface area (TPSA) is 43.2 Å². The zero-order valence-electron chi connectivity index (χ0n) is 11.3. The van der Waals surface area contributed by atoms with Gasteiger partial charge in [-0.25, -0.2) is 4.98 Å². The molecule has 0 spiro atoms. The van der Waals surface area contributed by atoms with E-state index in [-0.39, 0.29) is 0 Å². The number of anilines is 1. The van der Waals surface area contributed by atoms with E-state index in [0.717, 1.165) is 43.1 Å². The molecule has 1 aromatic heterocycles. The standard InChI is InChI=1S/C14H20N4/c1-4-17-7-8-18(10-12(17)3)14-13(9-15)11(2)5-6-16-14/h5-6,12H,4,7-8,10H2,1-3H3. The lowest BCUT2D eigenvalue weighted by molar-refractivity contribution is 0.199. The van der Waals surface area contributed by atoms with E-state index in [1.165, 1.54) is 0 Å². The molecule has 1 unspecified atom stereocenters. The van der Waals surface area contributed by atoms with Crippen LogP contribution in [0.5, 0.6) is 0 Å². The maximum absolute atomic E-state index is 9.27. The zero-order valence-corrected chi connectivity index (χ0v) is 11.3. The molecule has 96 valence electrons. The fourth-order valence-electron chi connectivity index (χ4n) is 2.58. The van der Waals surface area contributed by atoms with Gasteiger partial charge < -0.3 is 4.90 Å². The molecule has 4 heteroatoms. The van der Waals surface area contributed by atoms with E-state index in [1.807, 2.05) is 13.0 Å². The first-order valence-electron chi connectivity index (χ1n) is 6.52. The van der Waals surface area contributed by atoms with Crippen LogP contribution in [0.2, 0.25) is 0 Å². The number of hydrogen-bond donors (Lipinski definition) is 0. The quantitative estimate of drug-likeness (QED) is 0.795. The van der Waals surface area contributed by atoms with Gasteiger partial charge in [-0.1, -0.05) is 6.92 Å². The molecule has 2 rings (SSSR count). The first kappa shape index (κ1) is 12.8. The molecule has 0 aromatic carbocycles. The van der Waals surface area contributed by atoms with Crippen molar-refractivity contribution in [1.82, 2.24) is 9.88 Å². The second-order valence-electron chi connectivity index (χ2n) is 4.86. The highest BCUT2D eigenvalue weighted by Crippen LogP contribution is 2.22. The van der Waals surface area contributed by atoms with E-state index < -0.39 is 0 Å². The monoisotopic (exact) mass is 244 g/mol. The summed E-state index contributed by atoms with van der Waals surface area (Å²) in [7, 11) is 0. The van der Waals surface area contributed by atoms with Gasteiger partial charge in [0.25, 0.3) is 0 Å². The molecule has 1 fully saturated rings. The lowest BCUT2D eigenvalue weighted by atomic mass is 10.1. The zero-order chi connectivity index (χ0) is 13.1. The van der Waals surface area contributed by atoms with Crippen molar-refractivity contribution in [2.24, 2.45) is 0 Å². The summed E-state index contributed by atoms with van der Waals surface area (Å²) in [6, 6.07) is 4.69. The molecule has 0 amide bonds. The minimum atomic E-state index is 0.512. The number of aryl methyl sites for hydroxylation is 1. The Morgan fingerprint density at radius 1 is 1.50 bits per heavy atom. The maximum atomic E-state index is 9.27. The summed E-state index contributed by atoms with van der Waals surface area (Å²) < 4.78 is 0. The van der Waals surface area contributed by atoms with Crippen molar-refractivity contribution in [1.29, 1.82) is 5.26 Å². The summed E-state index contributed by atoms with van der Waals surface area (Å²) in [5.41, 5.74) is 1.72. The molecule has 1 saturated heterocycles. The van der Waals surface area contributed by atoms with Gasteiger partial charge in [0.15, 0.2) is 0 Å². The smallest absolute Gasteiger partial charge is 0.146 e. The SMILES string of the molecule is CCN1CCN(c2nccc(C)c2C#N)CC1C. The molecule has 1 aromatic rings. The van der Waals surface area contributed by atoms with Crippen LogP contribution in [0.25, 0.3) is 0 Å². The molecule has 4 nitrogen and oxygen atoms in total. The number of nitrogens with zero attached hydrogens (tertiary/aromatic N) is 4. The summed E-state index contributed by atoms with van der Waals surface area (Å²) in [5.74, 6) is 0.847. The third kappa shape index (κ3) is 2.32. The molecule has 2 heterocycles. The predicted octanol–water partition coefficient (Wildman–Crippen LogP) is 1.79. The highest BCUT2D eigenvalue weighted by atomic mass is 15.3. The van der Waals surface area contributed by atoms with E-state index >= 15 is 0 Å². The fraction of sp³-hybridized carbons (Fsp3) is 0.571. The Balaban J connectivity index is 2.24. The van der Waals surface area contributed by atoms with Crippen molar-refractivity contribution < 1.29 is 0 Å². The maximum Gasteiger partial charge on any atom is 0.146 e. The van der Waals surface area contributed by atoms with Crippen LogP contribution in [-0.2, 0) is 0 Å². The van der Waals surface area contributed by atoms with Crippen LogP contribution in [0.1, 0.15) is 25.0 Å². The first-order valence-corrected chi connectivity index (χ1v) is 6.52. The normalized spacial score (nSPS) is 20.8. The Kier molecular flexibility index (Phi) is 3.83. The summed E-state index contributed by atoms with van der Waals surface area (Å²) in [6.07, 6.45) is 1.79. The van der Waals surface area contributed by atoms with Crippen molar-refractivity contribution in [2.45, 2.75) is 26.8 Å². The number of piperazine rings is 1. The van der Waals surface area contributed by atoms with Gasteiger partial charge in [-0.05, 0) is 32.0 Å². The molecular formula is C14H20N4. The van der Waals surface area contributed by atoms with Crippen LogP contribution in [-0.4, -0.2) is 42.1 Å². The van der Waals surface area contributed by atoms with Gasteiger partial charge in [-0.3, -0.25) is 4.90 Å². The summed E-state index contributed by atoms with van der Waals surface area (Å²) >= 11 is 0.